The second-order valence-electron chi connectivity index (χ2n) is 33.9. The Kier molecular flexibility index (Phi) is 22.9. The lowest BCUT2D eigenvalue weighted by atomic mass is 9.62. The lowest BCUT2D eigenvalue weighted by molar-refractivity contribution is -0.147. The SMILES string of the molecule is CC(C)(C)CCCCCC(=O)OCC(COc1ccc(-c2nc(-c3ccc(-c4ccccc4)cc3)nc(-c3ccc(-c4ccccc4)cc3)n2)c(O)c1)OC(=O)NC1CC(C)(C)CC(C)(Cn2c(=O)n(CC3(C)CC(N=C=O)CC(C)(C)C3)c(=O)n(CC3(C)CC(N=C=O)CC(C)(C)C3)c2=O)C1. The minimum Gasteiger partial charge on any atom is -0.507 e. The second-order valence-corrected chi connectivity index (χ2v) is 33.9. The third-order valence-corrected chi connectivity index (χ3v) is 20.4. The molecule has 0 bridgehead atoms. The maximum absolute atomic E-state index is 15.2. The lowest BCUT2D eigenvalue weighted by Gasteiger charge is -2.47. The van der Waals surface area contributed by atoms with Crippen molar-refractivity contribution in [2.24, 2.45) is 47.9 Å². The van der Waals surface area contributed by atoms with Gasteiger partial charge in [-0.3, -0.25) is 4.79 Å². The Morgan fingerprint density at radius 3 is 1.43 bits per heavy atom. The molecule has 2 aromatic heterocycles. The fourth-order valence-electron chi connectivity index (χ4n) is 17.3. The van der Waals surface area contributed by atoms with E-state index in [4.69, 9.17) is 29.2 Å². The summed E-state index contributed by atoms with van der Waals surface area (Å²) in [6.07, 6.45) is 9.72. The zero-order valence-corrected chi connectivity index (χ0v) is 61.5. The highest BCUT2D eigenvalue weighted by Crippen LogP contribution is 2.50. The summed E-state index contributed by atoms with van der Waals surface area (Å²) >= 11 is 0. The number of isocyanates is 2. The Morgan fingerprint density at radius 2 is 0.980 bits per heavy atom. The number of amides is 1. The fourth-order valence-corrected chi connectivity index (χ4v) is 17.3. The van der Waals surface area contributed by atoms with Gasteiger partial charge in [-0.05, 0) is 143 Å². The summed E-state index contributed by atoms with van der Waals surface area (Å²) in [6.45, 7) is 24.1. The highest BCUT2D eigenvalue weighted by atomic mass is 16.6. The predicted octanol–water partition coefficient (Wildman–Crippen LogP) is 15.5. The van der Waals surface area contributed by atoms with Gasteiger partial charge in [0.15, 0.2) is 23.6 Å². The molecule has 1 amide bonds. The van der Waals surface area contributed by atoms with E-state index in [0.717, 1.165) is 52.6 Å². The molecule has 3 aliphatic carbocycles. The van der Waals surface area contributed by atoms with Gasteiger partial charge in [0.1, 0.15) is 24.7 Å². The molecule has 7 unspecified atom stereocenters. The van der Waals surface area contributed by atoms with Crippen LogP contribution in [0.1, 0.15) is 173 Å². The van der Waals surface area contributed by atoms with E-state index in [0.29, 0.717) is 81.4 Å². The van der Waals surface area contributed by atoms with Crippen LogP contribution in [0.4, 0.5) is 4.79 Å². The fraction of sp³-hybridized carbons (Fsp3) is 0.512. The van der Waals surface area contributed by atoms with E-state index in [1.807, 2.05) is 130 Å². The van der Waals surface area contributed by atoms with Crippen LogP contribution in [0.2, 0.25) is 0 Å². The molecule has 5 aromatic carbocycles. The number of esters is 1. The third-order valence-electron chi connectivity index (χ3n) is 20.4. The van der Waals surface area contributed by atoms with E-state index in [1.54, 1.807) is 24.3 Å². The van der Waals surface area contributed by atoms with E-state index in [2.05, 4.69) is 77.6 Å². The van der Waals surface area contributed by atoms with Crippen LogP contribution in [-0.4, -0.2) is 95.4 Å². The monoisotopic (exact) mass is 1390 g/mol. The van der Waals surface area contributed by atoms with Crippen molar-refractivity contribution in [2.45, 2.75) is 217 Å². The summed E-state index contributed by atoms with van der Waals surface area (Å²) in [5.41, 5.74) is 0.588. The van der Waals surface area contributed by atoms with Crippen LogP contribution in [0.3, 0.4) is 0 Å². The molecule has 0 aliphatic heterocycles. The maximum atomic E-state index is 15.2. The van der Waals surface area contributed by atoms with E-state index in [9.17, 15) is 24.3 Å². The Hall–Kier alpha value is -9.38. The van der Waals surface area contributed by atoms with E-state index in [1.165, 1.54) is 19.8 Å². The van der Waals surface area contributed by atoms with Gasteiger partial charge in [0.25, 0.3) is 0 Å². The first-order chi connectivity index (χ1) is 48.2. The van der Waals surface area contributed by atoms with Crippen LogP contribution in [0.15, 0.2) is 152 Å². The molecular weight excluding hydrogens is 1290 g/mol. The van der Waals surface area contributed by atoms with Gasteiger partial charge >= 0.3 is 29.1 Å². The number of benzene rings is 5. The van der Waals surface area contributed by atoms with Crippen LogP contribution < -0.4 is 27.1 Å². The van der Waals surface area contributed by atoms with Crippen molar-refractivity contribution < 1.29 is 38.5 Å². The van der Waals surface area contributed by atoms with Crippen LogP contribution in [-0.2, 0) is 43.5 Å². The highest BCUT2D eigenvalue weighted by molar-refractivity contribution is 5.74. The van der Waals surface area contributed by atoms with Crippen molar-refractivity contribution in [2.75, 3.05) is 13.2 Å². The molecule has 20 heteroatoms. The number of aliphatic imine (C=N–C) groups is 2. The van der Waals surface area contributed by atoms with Crippen LogP contribution in [0, 0.1) is 37.9 Å². The molecule has 0 radical (unpaired) electrons. The van der Waals surface area contributed by atoms with Gasteiger partial charge in [0, 0.05) is 49.3 Å². The van der Waals surface area contributed by atoms with E-state index in [-0.39, 0.29) is 84.9 Å². The number of unbranched alkanes of at least 4 members (excludes halogenated alkanes) is 2. The Labute approximate surface area is 598 Å². The first-order valence-corrected chi connectivity index (χ1v) is 35.9. The predicted molar refractivity (Wildman–Crippen MR) is 395 cm³/mol. The van der Waals surface area contributed by atoms with E-state index >= 15 is 14.4 Å². The smallest absolute Gasteiger partial charge is 0.407 e. The van der Waals surface area contributed by atoms with Crippen molar-refractivity contribution in [3.63, 3.8) is 0 Å². The van der Waals surface area contributed by atoms with Gasteiger partial charge in [-0.1, -0.05) is 205 Å². The highest BCUT2D eigenvalue weighted by Gasteiger charge is 2.47. The third kappa shape index (κ3) is 19.8. The average Bonchev–Trinajstić information content (AvgIpc) is 0.748. The van der Waals surface area contributed by atoms with Crippen LogP contribution >= 0.6 is 0 Å². The number of rotatable bonds is 25. The zero-order valence-electron chi connectivity index (χ0n) is 61.5. The number of nitrogens with one attached hydrogen (secondary N) is 1. The number of phenolic OH excluding ortho intramolecular Hbond substituents is 1. The quantitative estimate of drug-likeness (QED) is 0.0233. The Balaban J connectivity index is 0.903. The minimum absolute atomic E-state index is 0.0393. The van der Waals surface area contributed by atoms with Gasteiger partial charge in [0.2, 0.25) is 12.2 Å². The summed E-state index contributed by atoms with van der Waals surface area (Å²) in [5, 5.41) is 15.0. The van der Waals surface area contributed by atoms with Gasteiger partial charge in [0.05, 0.1) is 17.6 Å². The molecule has 102 heavy (non-hydrogen) atoms. The molecule has 0 saturated heterocycles. The van der Waals surface area contributed by atoms with Crippen LogP contribution in [0.5, 0.6) is 11.5 Å². The molecule has 3 fully saturated rings. The molecule has 2 heterocycles. The number of phenols is 1. The molecule has 0 spiro atoms. The molecule has 20 nitrogen and oxygen atoms in total. The standard InChI is InChI=1S/C82H101N9O11/c1-76(2,3)37-21-15-20-26-68(95)101-46-65(45-100-64-35-36-66(67(94)38-64)71-87-69(59-31-27-57(28-32-59)55-22-16-13-17-23-55)86-70(88-71)60-33-29-58(30-34-60)56-24-18-14-19-25-56)102-72(96)85-63-41-79(8,9)49-82(12,44-63)52-91-74(98)89(50-80(10)42-61(83-53-92)39-77(4,5)47-80)73(97)90(75(91)99)51-81(11)43-62(84-54-93)40-78(6,7)48-81/h13-14,16-19,22-25,27-36,38,61-63,65,94H,15,20-21,26,37,39-52H2,1-12H3,(H,85,96). The molecule has 7 aromatic rings. The number of carbonyl (C=O) groups is 2. The number of aromatic hydroxyl groups is 1. The topological polar surface area (TPSA) is 258 Å². The van der Waals surface area contributed by atoms with Crippen molar-refractivity contribution in [1.29, 1.82) is 0 Å². The lowest BCUT2D eigenvalue weighted by Crippen LogP contribution is -2.59. The van der Waals surface area contributed by atoms with Crippen molar-refractivity contribution in [1.82, 2.24) is 34.0 Å². The molecule has 2 N–H and O–H groups in total. The van der Waals surface area contributed by atoms with Gasteiger partial charge in [-0.15, -0.1) is 0 Å². The Morgan fingerprint density at radius 1 is 0.549 bits per heavy atom. The first-order valence-electron chi connectivity index (χ1n) is 35.9. The molecule has 3 aliphatic rings. The Bertz CT molecular complexity index is 4220. The second kappa shape index (κ2) is 31.1. The maximum Gasteiger partial charge on any atom is 0.407 e. The molecule has 540 valence electrons. The number of hydrogen-bond acceptors (Lipinski definition) is 16. The molecule has 3 saturated carbocycles. The molecule has 10 rings (SSSR count). The number of carbonyl (C=O) groups excluding carboxylic acids is 4. The average molecular weight is 1390 g/mol. The van der Waals surface area contributed by atoms with Crippen LogP contribution in [0.25, 0.3) is 56.4 Å². The van der Waals surface area contributed by atoms with E-state index < -0.39 is 62.9 Å². The normalized spacial score (nSPS) is 22.4. The van der Waals surface area contributed by atoms with Crippen molar-refractivity contribution >= 4 is 24.2 Å². The summed E-state index contributed by atoms with van der Waals surface area (Å²) in [6, 6.07) is 39.4. The number of nitrogens with zero attached hydrogens (tertiary/aromatic N) is 8. The number of hydrogen-bond donors (Lipinski definition) is 2. The van der Waals surface area contributed by atoms with Gasteiger partial charge < -0.3 is 24.6 Å². The summed E-state index contributed by atoms with van der Waals surface area (Å²) < 4.78 is 21.8. The summed E-state index contributed by atoms with van der Waals surface area (Å²) in [7, 11) is 0. The largest absolute Gasteiger partial charge is 0.507 e. The first kappa shape index (κ1) is 75.3. The zero-order chi connectivity index (χ0) is 73.4. The molecule has 7 atom stereocenters. The van der Waals surface area contributed by atoms with Gasteiger partial charge in [-0.25, -0.2) is 67.4 Å². The minimum atomic E-state index is -1.14. The summed E-state index contributed by atoms with van der Waals surface area (Å²) in [4.78, 5) is 120. The summed E-state index contributed by atoms with van der Waals surface area (Å²) in [5.74, 6) is 0.552. The number of aromatic nitrogens is 6. The van der Waals surface area contributed by atoms with Crippen molar-refractivity contribution in [3.8, 4) is 67.9 Å². The number of alkyl carbamates (subject to hydrolysis) is 1. The van der Waals surface area contributed by atoms with Crippen molar-refractivity contribution in [3.05, 3.63) is 159 Å². The van der Waals surface area contributed by atoms with Gasteiger partial charge in [-0.2, -0.15) is 0 Å². The molecular formula is C82H101N9O11. The number of ether oxygens (including phenoxy) is 3.